The first-order valence-corrected chi connectivity index (χ1v) is 10.4. The Kier molecular flexibility index (Phi) is 5.77. The van der Waals surface area contributed by atoms with Crippen molar-refractivity contribution in [3.8, 4) is 11.5 Å². The van der Waals surface area contributed by atoms with E-state index in [9.17, 15) is 4.79 Å². The third kappa shape index (κ3) is 3.66. The molecule has 154 valence electrons. The largest absolute Gasteiger partial charge is 0.493 e. The maximum absolute atomic E-state index is 12.6. The van der Waals surface area contributed by atoms with E-state index in [0.29, 0.717) is 22.8 Å². The first-order chi connectivity index (χ1) is 14.7. The molecule has 2 aromatic carbocycles. The van der Waals surface area contributed by atoms with Crippen molar-refractivity contribution in [2.45, 2.75) is 13.0 Å². The van der Waals surface area contributed by atoms with E-state index < -0.39 is 0 Å². The van der Waals surface area contributed by atoms with Crippen molar-refractivity contribution in [1.82, 2.24) is 4.57 Å². The lowest BCUT2D eigenvalue weighted by Crippen LogP contribution is -2.06. The second-order valence-electron chi connectivity index (χ2n) is 6.87. The van der Waals surface area contributed by atoms with Gasteiger partial charge in [0.15, 0.2) is 11.5 Å². The molecule has 0 fully saturated rings. The Morgan fingerprint density at radius 1 is 0.967 bits per heavy atom. The highest BCUT2D eigenvalue weighted by molar-refractivity contribution is 7.21. The van der Waals surface area contributed by atoms with Crippen molar-refractivity contribution in [1.29, 1.82) is 0 Å². The van der Waals surface area contributed by atoms with Crippen LogP contribution in [0.3, 0.4) is 0 Å². The molecular formula is C24H23NO4S. The third-order valence-corrected chi connectivity index (χ3v) is 6.28. The van der Waals surface area contributed by atoms with Crippen LogP contribution in [0.1, 0.15) is 26.4 Å². The van der Waals surface area contributed by atoms with E-state index >= 15 is 0 Å². The fraction of sp³-hybridized carbons (Fsp3) is 0.208. The molecule has 0 spiro atoms. The van der Waals surface area contributed by atoms with Crippen LogP contribution < -0.4 is 9.47 Å². The summed E-state index contributed by atoms with van der Waals surface area (Å²) in [5.41, 5.74) is 4.14. The van der Waals surface area contributed by atoms with Crippen LogP contribution in [0.15, 0.2) is 60.8 Å². The molecular weight excluding hydrogens is 398 g/mol. The normalized spacial score (nSPS) is 10.9. The molecule has 4 aromatic rings. The highest BCUT2D eigenvalue weighted by Crippen LogP contribution is 2.38. The Balaban J connectivity index is 1.85. The Labute approximate surface area is 179 Å². The molecule has 0 aliphatic heterocycles. The number of methoxy groups -OCH3 is 3. The fourth-order valence-corrected chi connectivity index (χ4v) is 4.90. The Hall–Kier alpha value is -3.25. The number of nitrogens with zero attached hydrogens (tertiary/aromatic N) is 1. The van der Waals surface area contributed by atoms with Crippen molar-refractivity contribution in [2.75, 3.05) is 21.3 Å². The zero-order chi connectivity index (χ0) is 21.1. The number of fused-ring (bicyclic) bond motifs is 1. The van der Waals surface area contributed by atoms with E-state index in [0.717, 1.165) is 27.9 Å². The van der Waals surface area contributed by atoms with Crippen molar-refractivity contribution in [2.24, 2.45) is 0 Å². The van der Waals surface area contributed by atoms with Crippen molar-refractivity contribution in [3.63, 3.8) is 0 Å². The molecule has 0 N–H and O–H groups in total. The summed E-state index contributed by atoms with van der Waals surface area (Å²) in [5, 5.41) is 0. The lowest BCUT2D eigenvalue weighted by Gasteiger charge is -2.14. The molecule has 2 heterocycles. The number of hydrogen-bond acceptors (Lipinski definition) is 5. The number of para-hydroxylation sites is 1. The van der Waals surface area contributed by atoms with Crippen molar-refractivity contribution in [3.05, 3.63) is 82.4 Å². The number of esters is 1. The second kappa shape index (κ2) is 8.63. The predicted molar refractivity (Wildman–Crippen MR) is 119 cm³/mol. The number of aromatic nitrogens is 1. The SMILES string of the molecule is COC(=O)c1sc2ccn(Cc3ccccc3)c2c1Cc1cccc(OC)c1OC. The number of carbonyl (C=O) groups excluding carboxylic acids is 1. The van der Waals surface area contributed by atoms with E-state index in [1.165, 1.54) is 24.0 Å². The first kappa shape index (κ1) is 20.0. The molecule has 0 amide bonds. The van der Waals surface area contributed by atoms with Gasteiger partial charge in [-0.25, -0.2) is 4.79 Å². The van der Waals surface area contributed by atoms with E-state index in [4.69, 9.17) is 14.2 Å². The number of hydrogen-bond donors (Lipinski definition) is 0. The van der Waals surface area contributed by atoms with E-state index in [2.05, 4.69) is 29.0 Å². The highest BCUT2D eigenvalue weighted by Gasteiger charge is 2.23. The van der Waals surface area contributed by atoms with Gasteiger partial charge in [0.2, 0.25) is 0 Å². The number of carbonyl (C=O) groups is 1. The van der Waals surface area contributed by atoms with Crippen LogP contribution in [0.5, 0.6) is 11.5 Å². The van der Waals surface area contributed by atoms with E-state index in [-0.39, 0.29) is 5.97 Å². The minimum absolute atomic E-state index is 0.320. The predicted octanol–water partition coefficient (Wildman–Crippen LogP) is 5.15. The molecule has 2 aromatic heterocycles. The smallest absolute Gasteiger partial charge is 0.348 e. The standard InChI is InChI=1S/C24H23NO4S/c1-27-19-11-7-10-17(22(19)28-2)14-18-21-20(30-23(18)24(26)29-3)12-13-25(21)15-16-8-5-4-6-9-16/h4-13H,14-15H2,1-3H3. The Morgan fingerprint density at radius 3 is 2.47 bits per heavy atom. The molecule has 0 saturated heterocycles. The van der Waals surface area contributed by atoms with Gasteiger partial charge >= 0.3 is 5.97 Å². The van der Waals surface area contributed by atoms with Gasteiger partial charge in [0.1, 0.15) is 4.88 Å². The van der Waals surface area contributed by atoms with Gasteiger partial charge in [-0.05, 0) is 17.7 Å². The van der Waals surface area contributed by atoms with Gasteiger partial charge in [0.05, 0.1) is 31.5 Å². The van der Waals surface area contributed by atoms with Gasteiger partial charge in [-0.15, -0.1) is 11.3 Å². The molecule has 4 rings (SSSR count). The molecule has 0 unspecified atom stereocenters. The number of rotatable bonds is 7. The molecule has 0 aliphatic rings. The highest BCUT2D eigenvalue weighted by atomic mass is 32.1. The Morgan fingerprint density at radius 2 is 1.77 bits per heavy atom. The van der Waals surface area contributed by atoms with Crippen LogP contribution in [-0.2, 0) is 17.7 Å². The molecule has 30 heavy (non-hydrogen) atoms. The first-order valence-electron chi connectivity index (χ1n) is 9.58. The molecule has 0 radical (unpaired) electrons. The summed E-state index contributed by atoms with van der Waals surface area (Å²) in [4.78, 5) is 13.2. The summed E-state index contributed by atoms with van der Waals surface area (Å²) < 4.78 is 19.4. The minimum Gasteiger partial charge on any atom is -0.493 e. The molecule has 5 nitrogen and oxygen atoms in total. The summed E-state index contributed by atoms with van der Waals surface area (Å²) in [6, 6.07) is 18.1. The van der Waals surface area contributed by atoms with E-state index in [1.807, 2.05) is 36.4 Å². The van der Waals surface area contributed by atoms with Crippen molar-refractivity contribution < 1.29 is 19.0 Å². The minimum atomic E-state index is -0.320. The summed E-state index contributed by atoms with van der Waals surface area (Å²) in [5.74, 6) is 1.02. The average Bonchev–Trinajstić information content (AvgIpc) is 3.34. The van der Waals surface area contributed by atoms with Gasteiger partial charge in [0, 0.05) is 30.3 Å². The summed E-state index contributed by atoms with van der Waals surface area (Å²) in [6.07, 6.45) is 2.60. The van der Waals surface area contributed by atoms with E-state index in [1.54, 1.807) is 14.2 Å². The molecule has 0 aliphatic carbocycles. The van der Waals surface area contributed by atoms with Gasteiger partial charge in [-0.2, -0.15) is 0 Å². The second-order valence-corrected chi connectivity index (χ2v) is 7.93. The maximum atomic E-state index is 12.6. The van der Waals surface area contributed by atoms with Gasteiger partial charge < -0.3 is 18.8 Å². The van der Waals surface area contributed by atoms with Crippen LogP contribution in [0.4, 0.5) is 0 Å². The van der Waals surface area contributed by atoms with Crippen LogP contribution in [0, 0.1) is 0 Å². The van der Waals surface area contributed by atoms with Crippen molar-refractivity contribution >= 4 is 27.5 Å². The zero-order valence-electron chi connectivity index (χ0n) is 17.2. The average molecular weight is 422 g/mol. The molecule has 0 saturated carbocycles. The fourth-order valence-electron chi connectivity index (χ4n) is 3.75. The van der Waals surface area contributed by atoms with Gasteiger partial charge in [-0.1, -0.05) is 42.5 Å². The van der Waals surface area contributed by atoms with Crippen LogP contribution >= 0.6 is 11.3 Å². The lowest BCUT2D eigenvalue weighted by molar-refractivity contribution is 0.0605. The van der Waals surface area contributed by atoms with Crippen LogP contribution in [-0.4, -0.2) is 31.9 Å². The zero-order valence-corrected chi connectivity index (χ0v) is 18.0. The molecule has 0 bridgehead atoms. The third-order valence-electron chi connectivity index (χ3n) is 5.12. The topological polar surface area (TPSA) is 49.7 Å². The molecule has 0 atom stereocenters. The van der Waals surface area contributed by atoms with Crippen LogP contribution in [0.2, 0.25) is 0 Å². The number of benzene rings is 2. The monoisotopic (exact) mass is 421 g/mol. The Bertz CT molecular complexity index is 1180. The molecule has 6 heteroatoms. The van der Waals surface area contributed by atoms with Gasteiger partial charge in [0.25, 0.3) is 0 Å². The quantitative estimate of drug-likeness (QED) is 0.388. The maximum Gasteiger partial charge on any atom is 0.348 e. The lowest BCUT2D eigenvalue weighted by atomic mass is 10.0. The van der Waals surface area contributed by atoms with Gasteiger partial charge in [-0.3, -0.25) is 0 Å². The summed E-state index contributed by atoms with van der Waals surface area (Å²) in [6.45, 7) is 0.726. The number of thiophene rings is 1. The van der Waals surface area contributed by atoms with Crippen LogP contribution in [0.25, 0.3) is 10.2 Å². The summed E-state index contributed by atoms with van der Waals surface area (Å²) >= 11 is 1.46. The summed E-state index contributed by atoms with van der Waals surface area (Å²) in [7, 11) is 4.67. The number of ether oxygens (including phenoxy) is 3.